The van der Waals surface area contributed by atoms with Crippen LogP contribution in [0.2, 0.25) is 0 Å². The number of hydrogen-bond acceptors (Lipinski definition) is 4. The van der Waals surface area contributed by atoms with Gasteiger partial charge in [-0.05, 0) is 35.6 Å². The number of nitrogens with zero attached hydrogens (tertiary/aromatic N) is 2. The van der Waals surface area contributed by atoms with Crippen molar-refractivity contribution in [2.45, 2.75) is 13.8 Å². The van der Waals surface area contributed by atoms with Gasteiger partial charge in [-0.1, -0.05) is 18.3 Å². The molecule has 0 fully saturated rings. The van der Waals surface area contributed by atoms with Crippen molar-refractivity contribution in [1.29, 1.82) is 0 Å². The van der Waals surface area contributed by atoms with Crippen molar-refractivity contribution in [2.75, 3.05) is 6.54 Å². The molecule has 1 aromatic carbocycles. The van der Waals surface area contributed by atoms with Gasteiger partial charge in [-0.3, -0.25) is 4.79 Å². The second-order valence-electron chi connectivity index (χ2n) is 4.06. The van der Waals surface area contributed by atoms with Crippen LogP contribution in [0.4, 0.5) is 0 Å². The molecule has 1 aromatic heterocycles. The lowest BCUT2D eigenvalue weighted by Gasteiger charge is -2.07. The summed E-state index contributed by atoms with van der Waals surface area (Å²) in [6.45, 7) is 4.81. The third-order valence-corrected chi connectivity index (χ3v) is 2.88. The van der Waals surface area contributed by atoms with E-state index in [1.807, 2.05) is 6.07 Å². The zero-order valence-corrected chi connectivity index (χ0v) is 10.0. The van der Waals surface area contributed by atoms with Crippen molar-refractivity contribution in [3.63, 3.8) is 0 Å². The van der Waals surface area contributed by atoms with E-state index in [9.17, 15) is 4.79 Å². The lowest BCUT2D eigenvalue weighted by atomic mass is 10.2. The monoisotopic (exact) mass is 235 g/mol. The number of benzene rings is 1. The maximum Gasteiger partial charge on any atom is 0.251 e. The van der Waals surface area contributed by atoms with E-state index in [-0.39, 0.29) is 5.91 Å². The number of amides is 1. The van der Waals surface area contributed by atoms with Gasteiger partial charge >= 0.3 is 0 Å². The Morgan fingerprint density at radius 2 is 2.31 bits per heavy atom. The van der Waals surface area contributed by atoms with Crippen LogP contribution in [0.25, 0.3) is 10.2 Å². The van der Waals surface area contributed by atoms with Gasteiger partial charge in [-0.25, -0.2) is 0 Å². The van der Waals surface area contributed by atoms with Crippen LogP contribution in [0.3, 0.4) is 0 Å². The molecule has 0 aliphatic heterocycles. The summed E-state index contributed by atoms with van der Waals surface area (Å²) in [6, 6.07) is 5.45. The van der Waals surface area contributed by atoms with Crippen molar-refractivity contribution in [3.05, 3.63) is 23.8 Å². The summed E-state index contributed by atoms with van der Waals surface area (Å²) in [5.41, 5.74) is 1.42. The molecule has 1 N–H and O–H groups in total. The minimum Gasteiger partial charge on any atom is -0.352 e. The highest BCUT2D eigenvalue weighted by Gasteiger charge is 2.07. The Morgan fingerprint density at radius 3 is 3.06 bits per heavy atom. The van der Waals surface area contributed by atoms with Gasteiger partial charge in [0.15, 0.2) is 0 Å². The molecule has 2 aromatic rings. The molecule has 0 bridgehead atoms. The lowest BCUT2D eigenvalue weighted by molar-refractivity contribution is 0.0949. The van der Waals surface area contributed by atoms with Crippen LogP contribution in [0.1, 0.15) is 24.2 Å². The number of hydrogen-bond donors (Lipinski definition) is 1. The lowest BCUT2D eigenvalue weighted by Crippen LogP contribution is -2.27. The Kier molecular flexibility index (Phi) is 3.14. The Morgan fingerprint density at radius 1 is 1.50 bits per heavy atom. The smallest absolute Gasteiger partial charge is 0.251 e. The summed E-state index contributed by atoms with van der Waals surface area (Å²) in [5, 5.41) is 6.82. The fourth-order valence-corrected chi connectivity index (χ4v) is 1.86. The highest BCUT2D eigenvalue weighted by Crippen LogP contribution is 2.16. The molecular formula is C11H13N3OS. The van der Waals surface area contributed by atoms with Crippen molar-refractivity contribution < 1.29 is 4.79 Å². The molecule has 2 rings (SSSR count). The summed E-state index contributed by atoms with van der Waals surface area (Å²) >= 11 is 1.33. The number of rotatable bonds is 3. The summed E-state index contributed by atoms with van der Waals surface area (Å²) < 4.78 is 4.84. The molecule has 4 nitrogen and oxygen atoms in total. The molecule has 16 heavy (non-hydrogen) atoms. The van der Waals surface area contributed by atoms with Crippen molar-refractivity contribution in [2.24, 2.45) is 5.92 Å². The molecule has 5 heteroatoms. The SMILES string of the molecule is CC(C)CNC(=O)c1ccc2snnc2c1. The zero-order valence-electron chi connectivity index (χ0n) is 9.23. The maximum atomic E-state index is 11.8. The van der Waals surface area contributed by atoms with Crippen LogP contribution in [0.15, 0.2) is 18.2 Å². The molecular weight excluding hydrogens is 222 g/mol. The van der Waals surface area contributed by atoms with Gasteiger partial charge in [-0.15, -0.1) is 5.10 Å². The van der Waals surface area contributed by atoms with Crippen molar-refractivity contribution >= 4 is 27.7 Å². The quantitative estimate of drug-likeness (QED) is 0.886. The summed E-state index contributed by atoms with van der Waals surface area (Å²) in [6.07, 6.45) is 0. The van der Waals surface area contributed by atoms with E-state index in [1.54, 1.807) is 12.1 Å². The van der Waals surface area contributed by atoms with E-state index in [1.165, 1.54) is 11.5 Å². The highest BCUT2D eigenvalue weighted by molar-refractivity contribution is 7.12. The Balaban J connectivity index is 2.16. The Hall–Kier alpha value is -1.49. The molecule has 0 aliphatic carbocycles. The standard InChI is InChI=1S/C11H13N3OS/c1-7(2)6-12-11(15)8-3-4-10-9(5-8)13-14-16-10/h3-5,7H,6H2,1-2H3,(H,12,15). The van der Waals surface area contributed by atoms with Gasteiger partial charge in [0.25, 0.3) is 5.91 Å². The minimum absolute atomic E-state index is 0.0522. The zero-order chi connectivity index (χ0) is 11.5. The van der Waals surface area contributed by atoms with Gasteiger partial charge in [0.2, 0.25) is 0 Å². The second-order valence-corrected chi connectivity index (χ2v) is 4.85. The summed E-state index contributed by atoms with van der Waals surface area (Å²) in [4.78, 5) is 11.8. The average molecular weight is 235 g/mol. The Bertz CT molecular complexity index is 507. The molecule has 0 saturated heterocycles. The number of carbonyl (C=O) groups excluding carboxylic acids is 1. The first kappa shape index (κ1) is 11.0. The van der Waals surface area contributed by atoms with E-state index in [2.05, 4.69) is 28.8 Å². The third kappa shape index (κ3) is 2.36. The number of carbonyl (C=O) groups is 1. The average Bonchev–Trinajstić information content (AvgIpc) is 2.72. The van der Waals surface area contributed by atoms with Crippen LogP contribution in [0, 0.1) is 5.92 Å². The van der Waals surface area contributed by atoms with Crippen LogP contribution < -0.4 is 5.32 Å². The van der Waals surface area contributed by atoms with Gasteiger partial charge in [-0.2, -0.15) is 0 Å². The highest BCUT2D eigenvalue weighted by atomic mass is 32.1. The molecule has 1 heterocycles. The fourth-order valence-electron chi connectivity index (χ4n) is 1.32. The third-order valence-electron chi connectivity index (χ3n) is 2.18. The maximum absolute atomic E-state index is 11.8. The van der Waals surface area contributed by atoms with Gasteiger partial charge in [0.1, 0.15) is 5.52 Å². The fraction of sp³-hybridized carbons (Fsp3) is 0.364. The second kappa shape index (κ2) is 4.57. The number of fused-ring (bicyclic) bond motifs is 1. The van der Waals surface area contributed by atoms with Gasteiger partial charge < -0.3 is 5.32 Å². The first-order valence-electron chi connectivity index (χ1n) is 5.17. The largest absolute Gasteiger partial charge is 0.352 e. The van der Waals surface area contributed by atoms with Gasteiger partial charge in [0, 0.05) is 12.1 Å². The van der Waals surface area contributed by atoms with Crippen molar-refractivity contribution in [3.8, 4) is 0 Å². The molecule has 84 valence electrons. The minimum atomic E-state index is -0.0522. The normalized spacial score (nSPS) is 10.9. The molecule has 0 aliphatic rings. The van der Waals surface area contributed by atoms with E-state index >= 15 is 0 Å². The number of nitrogens with one attached hydrogen (secondary N) is 1. The molecule has 0 atom stereocenters. The van der Waals surface area contributed by atoms with E-state index in [0.717, 1.165) is 10.2 Å². The first-order chi connectivity index (χ1) is 7.66. The van der Waals surface area contributed by atoms with E-state index < -0.39 is 0 Å². The van der Waals surface area contributed by atoms with E-state index in [4.69, 9.17) is 0 Å². The molecule has 1 amide bonds. The predicted molar refractivity (Wildman–Crippen MR) is 64.6 cm³/mol. The molecule has 0 saturated carbocycles. The van der Waals surface area contributed by atoms with Gasteiger partial charge in [0.05, 0.1) is 4.70 Å². The van der Waals surface area contributed by atoms with Crippen LogP contribution in [-0.4, -0.2) is 22.0 Å². The topological polar surface area (TPSA) is 54.9 Å². The summed E-state index contributed by atoms with van der Waals surface area (Å²) in [7, 11) is 0. The first-order valence-corrected chi connectivity index (χ1v) is 5.94. The number of aromatic nitrogens is 2. The molecule has 0 spiro atoms. The molecule has 0 radical (unpaired) electrons. The summed E-state index contributed by atoms with van der Waals surface area (Å²) in [5.74, 6) is 0.400. The Labute approximate surface area is 97.8 Å². The van der Waals surface area contributed by atoms with Crippen molar-refractivity contribution in [1.82, 2.24) is 14.9 Å². The van der Waals surface area contributed by atoms with Crippen LogP contribution in [-0.2, 0) is 0 Å². The van der Waals surface area contributed by atoms with Crippen LogP contribution >= 0.6 is 11.5 Å². The predicted octanol–water partition coefficient (Wildman–Crippen LogP) is 2.08. The van der Waals surface area contributed by atoms with E-state index in [0.29, 0.717) is 18.0 Å². The molecule has 0 unspecified atom stereocenters. The van der Waals surface area contributed by atoms with Crippen LogP contribution in [0.5, 0.6) is 0 Å².